The van der Waals surface area contributed by atoms with Crippen LogP contribution < -0.4 is 0 Å². The average molecular weight is 885 g/mol. The standard InChI is InChI=1S/C63H40N4S/c1-6-18-41(19-7-1)49-33-30-45(36-53(49)42-20-8-2-9-21-42)46-31-34-50(56(37-46)63-65-61(43-22-10-3-11-23-43)64-62(66-63)44-24-12-4-13-25-44)47-32-35-52-55-39-58-54(40-60(55)68-59(52)38-47)51-28-16-17-29-57(51)67(58)48-26-14-5-15-27-48/h1-40H. The van der Waals surface area contributed by atoms with Gasteiger partial charge in [0.15, 0.2) is 17.5 Å². The molecule has 0 amide bonds. The molecular weight excluding hydrogens is 845 g/mol. The first-order valence-corrected chi connectivity index (χ1v) is 23.7. The van der Waals surface area contributed by atoms with E-state index in [9.17, 15) is 0 Å². The van der Waals surface area contributed by atoms with Crippen molar-refractivity contribution in [3.05, 3.63) is 243 Å². The second-order valence-corrected chi connectivity index (χ2v) is 18.2. The van der Waals surface area contributed by atoms with Crippen LogP contribution in [0.1, 0.15) is 0 Å². The molecule has 0 saturated heterocycles. The van der Waals surface area contributed by atoms with Crippen LogP contribution in [0.15, 0.2) is 243 Å². The number of hydrogen-bond donors (Lipinski definition) is 0. The monoisotopic (exact) mass is 884 g/mol. The van der Waals surface area contributed by atoms with Crippen molar-refractivity contribution in [1.82, 2.24) is 19.5 Å². The largest absolute Gasteiger partial charge is 0.309 e. The summed E-state index contributed by atoms with van der Waals surface area (Å²) in [5.74, 6) is 1.87. The van der Waals surface area contributed by atoms with E-state index in [1.54, 1.807) is 0 Å². The molecule has 3 heterocycles. The van der Waals surface area contributed by atoms with Gasteiger partial charge in [0.2, 0.25) is 0 Å². The number of benzene rings is 10. The van der Waals surface area contributed by atoms with Crippen molar-refractivity contribution >= 4 is 53.3 Å². The molecule has 318 valence electrons. The van der Waals surface area contributed by atoms with Gasteiger partial charge in [0.1, 0.15) is 0 Å². The van der Waals surface area contributed by atoms with Crippen LogP contribution in [0.4, 0.5) is 0 Å². The Morgan fingerprint density at radius 1 is 0.265 bits per heavy atom. The van der Waals surface area contributed by atoms with Crippen LogP contribution in [0, 0.1) is 0 Å². The van der Waals surface area contributed by atoms with E-state index in [2.05, 4.69) is 211 Å². The molecule has 0 N–H and O–H groups in total. The van der Waals surface area contributed by atoms with Crippen LogP contribution in [-0.4, -0.2) is 19.5 Å². The van der Waals surface area contributed by atoms with Gasteiger partial charge in [-0.25, -0.2) is 15.0 Å². The number of para-hydroxylation sites is 2. The SMILES string of the molecule is c1ccc(-c2nc(-c3ccccc3)nc(-c3cc(-c4ccc(-c5ccccc5)c(-c5ccccc5)c4)ccc3-c3ccc4c(c3)sc3cc5c6ccccc6n(-c6ccccc6)c5cc34)n2)cc1. The first-order valence-electron chi connectivity index (χ1n) is 22.9. The molecule has 68 heavy (non-hydrogen) atoms. The molecule has 0 aliphatic heterocycles. The minimum Gasteiger partial charge on any atom is -0.309 e. The topological polar surface area (TPSA) is 43.6 Å². The van der Waals surface area contributed by atoms with E-state index in [0.29, 0.717) is 17.5 Å². The fourth-order valence-corrected chi connectivity index (χ4v) is 11.0. The van der Waals surface area contributed by atoms with Gasteiger partial charge in [-0.2, -0.15) is 0 Å². The molecule has 0 spiro atoms. The van der Waals surface area contributed by atoms with Crippen molar-refractivity contribution in [3.8, 4) is 84.4 Å². The van der Waals surface area contributed by atoms with Crippen LogP contribution in [-0.2, 0) is 0 Å². The summed E-state index contributed by atoms with van der Waals surface area (Å²) >= 11 is 1.85. The van der Waals surface area contributed by atoms with Crippen LogP contribution in [0.2, 0.25) is 0 Å². The van der Waals surface area contributed by atoms with Crippen molar-refractivity contribution in [3.63, 3.8) is 0 Å². The number of fused-ring (bicyclic) bond motifs is 6. The highest BCUT2D eigenvalue weighted by atomic mass is 32.1. The maximum Gasteiger partial charge on any atom is 0.164 e. The van der Waals surface area contributed by atoms with Gasteiger partial charge in [-0.3, -0.25) is 0 Å². The summed E-state index contributed by atoms with van der Waals surface area (Å²) in [6.45, 7) is 0. The Bertz CT molecular complexity index is 3940. The molecule has 0 bridgehead atoms. The Morgan fingerprint density at radius 3 is 1.38 bits per heavy atom. The average Bonchev–Trinajstić information content (AvgIpc) is 3.95. The first kappa shape index (κ1) is 39.6. The fourth-order valence-electron chi connectivity index (χ4n) is 9.80. The van der Waals surface area contributed by atoms with Crippen molar-refractivity contribution in [2.75, 3.05) is 0 Å². The van der Waals surface area contributed by atoms with Gasteiger partial charge in [0, 0.05) is 53.3 Å². The van der Waals surface area contributed by atoms with Crippen molar-refractivity contribution < 1.29 is 0 Å². The highest BCUT2D eigenvalue weighted by Gasteiger charge is 2.20. The summed E-state index contributed by atoms with van der Waals surface area (Å²) in [4.78, 5) is 15.7. The Morgan fingerprint density at radius 2 is 0.750 bits per heavy atom. The molecule has 0 radical (unpaired) electrons. The molecular formula is C63H40N4S. The van der Waals surface area contributed by atoms with Gasteiger partial charge in [0.05, 0.1) is 11.0 Å². The molecule has 0 unspecified atom stereocenters. The van der Waals surface area contributed by atoms with E-state index >= 15 is 0 Å². The Kier molecular flexibility index (Phi) is 9.66. The van der Waals surface area contributed by atoms with Gasteiger partial charge in [-0.15, -0.1) is 11.3 Å². The summed E-state index contributed by atoms with van der Waals surface area (Å²) in [5.41, 5.74) is 15.4. The highest BCUT2D eigenvalue weighted by Crippen LogP contribution is 2.44. The second-order valence-electron chi connectivity index (χ2n) is 17.2. The third-order valence-corrected chi connectivity index (χ3v) is 14.2. The molecule has 0 atom stereocenters. The number of rotatable bonds is 8. The summed E-state index contributed by atoms with van der Waals surface area (Å²) in [6, 6.07) is 86.5. The molecule has 0 fully saturated rings. The number of thiophene rings is 1. The molecule has 5 heteroatoms. The Labute approximate surface area is 397 Å². The zero-order valence-corrected chi connectivity index (χ0v) is 37.6. The highest BCUT2D eigenvalue weighted by molar-refractivity contribution is 7.26. The van der Waals surface area contributed by atoms with Crippen molar-refractivity contribution in [1.29, 1.82) is 0 Å². The van der Waals surface area contributed by atoms with E-state index in [1.165, 1.54) is 64.2 Å². The van der Waals surface area contributed by atoms with Gasteiger partial charge < -0.3 is 4.57 Å². The lowest BCUT2D eigenvalue weighted by Crippen LogP contribution is -2.01. The zero-order valence-electron chi connectivity index (χ0n) is 36.8. The minimum absolute atomic E-state index is 0.617. The van der Waals surface area contributed by atoms with E-state index < -0.39 is 0 Å². The lowest BCUT2D eigenvalue weighted by atomic mass is 9.89. The molecule has 10 aromatic carbocycles. The summed E-state index contributed by atoms with van der Waals surface area (Å²) in [7, 11) is 0. The van der Waals surface area contributed by atoms with Crippen LogP contribution >= 0.6 is 11.3 Å². The molecule has 13 rings (SSSR count). The van der Waals surface area contributed by atoms with Crippen molar-refractivity contribution in [2.45, 2.75) is 0 Å². The fraction of sp³-hybridized carbons (Fsp3) is 0. The predicted molar refractivity (Wildman–Crippen MR) is 285 cm³/mol. The maximum absolute atomic E-state index is 5.30. The van der Waals surface area contributed by atoms with E-state index in [-0.39, 0.29) is 0 Å². The van der Waals surface area contributed by atoms with Gasteiger partial charge in [-0.05, 0) is 93.0 Å². The zero-order chi connectivity index (χ0) is 45.0. The predicted octanol–water partition coefficient (Wildman–Crippen LogP) is 17.0. The molecule has 13 aromatic rings. The minimum atomic E-state index is 0.617. The lowest BCUT2D eigenvalue weighted by molar-refractivity contribution is 1.07. The third kappa shape index (κ3) is 6.96. The van der Waals surface area contributed by atoms with E-state index in [0.717, 1.165) is 44.6 Å². The smallest absolute Gasteiger partial charge is 0.164 e. The van der Waals surface area contributed by atoms with Gasteiger partial charge >= 0.3 is 0 Å². The Balaban J connectivity index is 1.02. The quantitative estimate of drug-likeness (QED) is 0.153. The number of nitrogens with zero attached hydrogens (tertiary/aromatic N) is 4. The van der Waals surface area contributed by atoms with Gasteiger partial charge in [-0.1, -0.05) is 194 Å². The lowest BCUT2D eigenvalue weighted by Gasteiger charge is -2.16. The normalized spacial score (nSPS) is 11.5. The van der Waals surface area contributed by atoms with E-state index in [1.807, 2.05) is 47.7 Å². The Hall–Kier alpha value is -8.77. The number of hydrogen-bond acceptors (Lipinski definition) is 4. The van der Waals surface area contributed by atoms with Crippen LogP contribution in [0.25, 0.3) is 126 Å². The summed E-state index contributed by atoms with van der Waals surface area (Å²) < 4.78 is 4.89. The molecule has 0 aliphatic carbocycles. The molecule has 0 aliphatic rings. The third-order valence-electron chi connectivity index (χ3n) is 13.1. The van der Waals surface area contributed by atoms with E-state index in [4.69, 9.17) is 15.0 Å². The maximum atomic E-state index is 5.30. The molecule has 3 aromatic heterocycles. The first-order chi connectivity index (χ1) is 33.7. The van der Waals surface area contributed by atoms with Crippen molar-refractivity contribution in [2.24, 2.45) is 0 Å². The number of aromatic nitrogens is 4. The second kappa shape index (κ2) is 16.6. The van der Waals surface area contributed by atoms with Crippen LogP contribution in [0.5, 0.6) is 0 Å². The van der Waals surface area contributed by atoms with Crippen LogP contribution in [0.3, 0.4) is 0 Å². The van der Waals surface area contributed by atoms with Gasteiger partial charge in [0.25, 0.3) is 0 Å². The molecule has 4 nitrogen and oxygen atoms in total. The molecule has 0 saturated carbocycles. The summed E-state index contributed by atoms with van der Waals surface area (Å²) in [6.07, 6.45) is 0. The summed E-state index contributed by atoms with van der Waals surface area (Å²) in [5, 5.41) is 5.00.